The van der Waals surface area contributed by atoms with E-state index in [-0.39, 0.29) is 17.6 Å². The molecule has 0 spiro atoms. The maximum atomic E-state index is 14.1. The molecule has 1 atom stereocenters. The van der Waals surface area contributed by atoms with Crippen LogP contribution in [0.5, 0.6) is 11.5 Å². The Hall–Kier alpha value is -2.31. The Balaban J connectivity index is 1.39. The Bertz CT molecular complexity index is 856. The minimum atomic E-state index is -0.310. The predicted molar refractivity (Wildman–Crippen MR) is 105 cm³/mol. The summed E-state index contributed by atoms with van der Waals surface area (Å²) in [4.78, 5) is 14.8. The molecule has 2 aliphatic heterocycles. The normalized spacial score (nSPS) is 19.3. The van der Waals surface area contributed by atoms with Crippen LogP contribution in [-0.4, -0.2) is 37.1 Å². The van der Waals surface area contributed by atoms with E-state index < -0.39 is 0 Å². The van der Waals surface area contributed by atoms with Crippen molar-refractivity contribution in [3.05, 3.63) is 52.8 Å². The molecule has 28 heavy (non-hydrogen) atoms. The third kappa shape index (κ3) is 4.23. The van der Waals surface area contributed by atoms with Crippen molar-refractivity contribution >= 4 is 23.2 Å². The number of nitrogens with zero attached hydrogens (tertiary/aromatic N) is 1. The molecule has 0 radical (unpaired) electrons. The minimum Gasteiger partial charge on any atom is -0.486 e. The number of fused-ring (bicyclic) bond motifs is 1. The van der Waals surface area contributed by atoms with Crippen LogP contribution in [0.3, 0.4) is 0 Å². The van der Waals surface area contributed by atoms with E-state index >= 15 is 0 Å². The fraction of sp³-hybridized carbons (Fsp3) is 0.381. The Morgan fingerprint density at radius 2 is 2.04 bits per heavy atom. The van der Waals surface area contributed by atoms with Crippen LogP contribution in [0.2, 0.25) is 5.02 Å². The largest absolute Gasteiger partial charge is 0.486 e. The third-order valence-electron chi connectivity index (χ3n) is 5.13. The molecule has 1 fully saturated rings. The van der Waals surface area contributed by atoms with Crippen LogP contribution in [0, 0.1) is 11.7 Å². The standard InChI is InChI=1S/C21H22ClFN2O3/c22-17-4-1-5-18(23)16(17)13-25-8-2-3-14(12-25)21(26)24-15-6-7-19-20(11-15)28-10-9-27-19/h1,4-7,11,14H,2-3,8-10,12-13H2,(H,24,26). The maximum absolute atomic E-state index is 14.1. The van der Waals surface area contributed by atoms with E-state index in [1.165, 1.54) is 6.07 Å². The van der Waals surface area contributed by atoms with Gasteiger partial charge in [0.05, 0.1) is 5.92 Å². The Morgan fingerprint density at radius 1 is 1.21 bits per heavy atom. The number of likely N-dealkylation sites (tertiary alicyclic amines) is 1. The van der Waals surface area contributed by atoms with Gasteiger partial charge in [0.25, 0.3) is 0 Å². The van der Waals surface area contributed by atoms with Gasteiger partial charge in [0.2, 0.25) is 5.91 Å². The van der Waals surface area contributed by atoms with Crippen molar-refractivity contribution in [2.24, 2.45) is 5.92 Å². The number of benzene rings is 2. The Kier molecular flexibility index (Phi) is 5.69. The van der Waals surface area contributed by atoms with Gasteiger partial charge >= 0.3 is 0 Å². The van der Waals surface area contributed by atoms with Crippen LogP contribution in [0.25, 0.3) is 0 Å². The van der Waals surface area contributed by atoms with Crippen molar-refractivity contribution in [3.8, 4) is 11.5 Å². The number of nitrogens with one attached hydrogen (secondary N) is 1. The van der Waals surface area contributed by atoms with Crippen LogP contribution >= 0.6 is 11.6 Å². The summed E-state index contributed by atoms with van der Waals surface area (Å²) in [6, 6.07) is 10.1. The summed E-state index contributed by atoms with van der Waals surface area (Å²) >= 11 is 6.15. The lowest BCUT2D eigenvalue weighted by molar-refractivity contribution is -0.121. The van der Waals surface area contributed by atoms with E-state index in [2.05, 4.69) is 10.2 Å². The molecule has 2 aromatic carbocycles. The monoisotopic (exact) mass is 404 g/mol. The molecular weight excluding hydrogens is 383 g/mol. The average Bonchev–Trinajstić information content (AvgIpc) is 2.71. The second-order valence-electron chi connectivity index (χ2n) is 7.12. The van der Waals surface area contributed by atoms with Crippen LogP contribution in [0.15, 0.2) is 36.4 Å². The quantitative estimate of drug-likeness (QED) is 0.833. The maximum Gasteiger partial charge on any atom is 0.228 e. The van der Waals surface area contributed by atoms with Gasteiger partial charge < -0.3 is 14.8 Å². The Labute approximate surface area is 168 Å². The van der Waals surface area contributed by atoms with Gasteiger partial charge in [-0.05, 0) is 43.7 Å². The molecule has 0 aromatic heterocycles. The van der Waals surface area contributed by atoms with Gasteiger partial charge in [-0.15, -0.1) is 0 Å². The molecule has 7 heteroatoms. The van der Waals surface area contributed by atoms with Gasteiger partial charge in [-0.25, -0.2) is 4.39 Å². The molecule has 1 unspecified atom stereocenters. The summed E-state index contributed by atoms with van der Waals surface area (Å²) in [6.07, 6.45) is 1.68. The SMILES string of the molecule is O=C(Nc1ccc2c(c1)OCCO2)C1CCCN(Cc2c(F)cccc2Cl)C1. The average molecular weight is 405 g/mol. The van der Waals surface area contributed by atoms with E-state index in [4.69, 9.17) is 21.1 Å². The summed E-state index contributed by atoms with van der Waals surface area (Å²) in [7, 11) is 0. The van der Waals surface area contributed by atoms with Crippen molar-refractivity contribution in [3.63, 3.8) is 0 Å². The molecule has 1 saturated heterocycles. The first-order valence-corrected chi connectivity index (χ1v) is 9.84. The van der Waals surface area contributed by atoms with Gasteiger partial charge in [0.1, 0.15) is 19.0 Å². The molecule has 1 N–H and O–H groups in total. The zero-order chi connectivity index (χ0) is 19.5. The Morgan fingerprint density at radius 3 is 2.86 bits per heavy atom. The van der Waals surface area contributed by atoms with Crippen LogP contribution in [-0.2, 0) is 11.3 Å². The van der Waals surface area contributed by atoms with Crippen LogP contribution in [0.1, 0.15) is 18.4 Å². The van der Waals surface area contributed by atoms with E-state index in [9.17, 15) is 9.18 Å². The summed E-state index contributed by atoms with van der Waals surface area (Å²) in [5.41, 5.74) is 1.17. The molecule has 2 heterocycles. The first kappa shape index (κ1) is 19.0. The summed E-state index contributed by atoms with van der Waals surface area (Å²) in [6.45, 7) is 2.82. The zero-order valence-electron chi connectivity index (χ0n) is 15.4. The zero-order valence-corrected chi connectivity index (χ0v) is 16.2. The fourth-order valence-corrected chi connectivity index (χ4v) is 3.91. The molecule has 4 rings (SSSR count). The first-order valence-electron chi connectivity index (χ1n) is 9.46. The summed E-state index contributed by atoms with van der Waals surface area (Å²) in [5, 5.41) is 3.39. The number of ether oxygens (including phenoxy) is 2. The third-order valence-corrected chi connectivity index (χ3v) is 5.48. The van der Waals surface area contributed by atoms with Gasteiger partial charge in [-0.3, -0.25) is 9.69 Å². The van der Waals surface area contributed by atoms with Crippen LogP contribution < -0.4 is 14.8 Å². The second-order valence-corrected chi connectivity index (χ2v) is 7.53. The number of piperidine rings is 1. The smallest absolute Gasteiger partial charge is 0.228 e. The topological polar surface area (TPSA) is 50.8 Å². The number of amides is 1. The van der Waals surface area contributed by atoms with E-state index in [0.717, 1.165) is 19.4 Å². The lowest BCUT2D eigenvalue weighted by Crippen LogP contribution is -2.40. The number of rotatable bonds is 4. The fourth-order valence-electron chi connectivity index (χ4n) is 3.69. The molecule has 0 saturated carbocycles. The summed E-state index contributed by atoms with van der Waals surface area (Å²) < 4.78 is 25.1. The highest BCUT2D eigenvalue weighted by molar-refractivity contribution is 6.31. The molecule has 1 amide bonds. The summed E-state index contributed by atoms with van der Waals surface area (Å²) in [5.74, 6) is 0.822. The number of hydrogen-bond donors (Lipinski definition) is 1. The number of carbonyl (C=O) groups excluding carboxylic acids is 1. The van der Waals surface area contributed by atoms with Crippen molar-refractivity contribution in [2.75, 3.05) is 31.6 Å². The van der Waals surface area contributed by atoms with Crippen molar-refractivity contribution in [1.82, 2.24) is 4.90 Å². The van der Waals surface area contributed by atoms with Crippen molar-refractivity contribution in [2.45, 2.75) is 19.4 Å². The number of hydrogen-bond acceptors (Lipinski definition) is 4. The molecular formula is C21H22ClFN2O3. The highest BCUT2D eigenvalue weighted by Crippen LogP contribution is 2.33. The van der Waals surface area contributed by atoms with Gasteiger partial charge in [0.15, 0.2) is 11.5 Å². The lowest BCUT2D eigenvalue weighted by atomic mass is 9.96. The molecule has 0 aliphatic carbocycles. The molecule has 2 aromatic rings. The van der Waals surface area contributed by atoms with E-state index in [1.807, 2.05) is 6.07 Å². The van der Waals surface area contributed by atoms with Crippen LogP contribution in [0.4, 0.5) is 10.1 Å². The predicted octanol–water partition coefficient (Wildman–Crippen LogP) is 4.10. The number of anilines is 1. The van der Waals surface area contributed by atoms with E-state index in [1.54, 1.807) is 24.3 Å². The molecule has 5 nitrogen and oxygen atoms in total. The highest BCUT2D eigenvalue weighted by atomic mass is 35.5. The number of halogens is 2. The highest BCUT2D eigenvalue weighted by Gasteiger charge is 2.27. The van der Waals surface area contributed by atoms with Gasteiger partial charge in [-0.2, -0.15) is 0 Å². The van der Waals surface area contributed by atoms with Gasteiger partial charge in [-0.1, -0.05) is 17.7 Å². The number of carbonyl (C=O) groups is 1. The first-order chi connectivity index (χ1) is 13.6. The molecule has 148 valence electrons. The van der Waals surface area contributed by atoms with E-state index in [0.29, 0.717) is 54.1 Å². The molecule has 2 aliphatic rings. The second kappa shape index (κ2) is 8.37. The van der Waals surface area contributed by atoms with Gasteiger partial charge in [0, 0.05) is 35.4 Å². The lowest BCUT2D eigenvalue weighted by Gasteiger charge is -2.32. The van der Waals surface area contributed by atoms with Crippen molar-refractivity contribution < 1.29 is 18.7 Å². The van der Waals surface area contributed by atoms with Crippen molar-refractivity contribution in [1.29, 1.82) is 0 Å². The molecule has 0 bridgehead atoms. The minimum absolute atomic E-state index is 0.0407.